The number of nitrogens with one attached hydrogen (secondary N) is 1. The molecule has 0 atom stereocenters. The van der Waals surface area contributed by atoms with Crippen molar-refractivity contribution in [2.24, 2.45) is 5.73 Å². The van der Waals surface area contributed by atoms with Gasteiger partial charge in [0.05, 0.1) is 4.90 Å². The van der Waals surface area contributed by atoms with Crippen LogP contribution in [0.1, 0.15) is 19.8 Å². The third kappa shape index (κ3) is 4.41. The van der Waals surface area contributed by atoms with Gasteiger partial charge in [0.1, 0.15) is 12.4 Å². The molecule has 0 saturated carbocycles. The molecule has 1 heterocycles. The van der Waals surface area contributed by atoms with Gasteiger partial charge in [0.15, 0.2) is 0 Å². The van der Waals surface area contributed by atoms with Crippen LogP contribution in [0.15, 0.2) is 29.2 Å². The van der Waals surface area contributed by atoms with Crippen LogP contribution < -0.4 is 15.2 Å². The van der Waals surface area contributed by atoms with Gasteiger partial charge in [-0.15, -0.1) is 0 Å². The van der Waals surface area contributed by atoms with E-state index in [1.54, 1.807) is 12.1 Å². The lowest BCUT2D eigenvalue weighted by molar-refractivity contribution is 0.0537. The van der Waals surface area contributed by atoms with Gasteiger partial charge in [-0.05, 0) is 44.0 Å². The van der Waals surface area contributed by atoms with Crippen molar-refractivity contribution in [2.45, 2.75) is 30.2 Å². The molecule has 1 aromatic carbocycles. The summed E-state index contributed by atoms with van der Waals surface area (Å²) in [4.78, 5) is 0.232. The molecular weight excluding hydrogens is 292 g/mol. The summed E-state index contributed by atoms with van der Waals surface area (Å²) < 4.78 is 38.2. The fraction of sp³-hybridized carbons (Fsp3) is 0.571. The van der Waals surface area contributed by atoms with Crippen molar-refractivity contribution in [2.75, 3.05) is 26.4 Å². The number of ether oxygens (including phenoxy) is 2. The van der Waals surface area contributed by atoms with Crippen LogP contribution in [0.5, 0.6) is 5.75 Å². The zero-order valence-electron chi connectivity index (χ0n) is 12.2. The van der Waals surface area contributed by atoms with Crippen molar-refractivity contribution in [3.8, 4) is 5.75 Å². The maximum atomic E-state index is 12.4. The second-order valence-corrected chi connectivity index (χ2v) is 7.07. The van der Waals surface area contributed by atoms with Crippen molar-refractivity contribution in [1.29, 1.82) is 0 Å². The van der Waals surface area contributed by atoms with Crippen LogP contribution in [0.2, 0.25) is 0 Å². The summed E-state index contributed by atoms with van der Waals surface area (Å²) in [7, 11) is -3.54. The molecule has 0 bridgehead atoms. The highest BCUT2D eigenvalue weighted by molar-refractivity contribution is 7.89. The van der Waals surface area contributed by atoms with E-state index >= 15 is 0 Å². The highest BCUT2D eigenvalue weighted by Crippen LogP contribution is 2.23. The molecule has 3 N–H and O–H groups in total. The molecule has 118 valence electrons. The summed E-state index contributed by atoms with van der Waals surface area (Å²) in [6.45, 7) is 3.88. The quantitative estimate of drug-likeness (QED) is 0.813. The van der Waals surface area contributed by atoms with Gasteiger partial charge in [-0.3, -0.25) is 0 Å². The van der Waals surface area contributed by atoms with Crippen molar-refractivity contribution in [3.05, 3.63) is 24.3 Å². The fourth-order valence-corrected chi connectivity index (χ4v) is 3.66. The minimum atomic E-state index is -3.54. The van der Waals surface area contributed by atoms with Gasteiger partial charge in [-0.2, -0.15) is 0 Å². The molecule has 0 aromatic heterocycles. The maximum Gasteiger partial charge on any atom is 0.241 e. The summed E-state index contributed by atoms with van der Waals surface area (Å²) >= 11 is 0. The van der Waals surface area contributed by atoms with Gasteiger partial charge in [0.2, 0.25) is 10.0 Å². The summed E-state index contributed by atoms with van der Waals surface area (Å²) in [5.74, 6) is 0.608. The predicted octanol–water partition coefficient (Wildman–Crippen LogP) is 0.871. The second-order valence-electron chi connectivity index (χ2n) is 5.39. The normalized spacial score (nSPS) is 18.4. The Kier molecular flexibility index (Phi) is 5.21. The van der Waals surface area contributed by atoms with Crippen LogP contribution >= 0.6 is 0 Å². The molecular formula is C14H22N2O4S. The average molecular weight is 314 g/mol. The first-order valence-electron chi connectivity index (χ1n) is 7.00. The third-order valence-corrected chi connectivity index (χ3v) is 5.15. The second kappa shape index (κ2) is 6.74. The summed E-state index contributed by atoms with van der Waals surface area (Å²) in [6, 6.07) is 6.35. The number of hydrogen-bond acceptors (Lipinski definition) is 5. The van der Waals surface area contributed by atoms with Crippen molar-refractivity contribution in [3.63, 3.8) is 0 Å². The van der Waals surface area contributed by atoms with Gasteiger partial charge >= 0.3 is 0 Å². The fourth-order valence-electron chi connectivity index (χ4n) is 2.20. The van der Waals surface area contributed by atoms with E-state index < -0.39 is 15.6 Å². The molecule has 1 fully saturated rings. The molecule has 0 aliphatic carbocycles. The van der Waals surface area contributed by atoms with E-state index in [1.165, 1.54) is 12.1 Å². The Labute approximate surface area is 125 Å². The van der Waals surface area contributed by atoms with Crippen LogP contribution in [-0.4, -0.2) is 40.3 Å². The Bertz CT molecular complexity index is 551. The Morgan fingerprint density at radius 3 is 2.48 bits per heavy atom. The van der Waals surface area contributed by atoms with Crippen LogP contribution in [-0.2, 0) is 14.8 Å². The van der Waals surface area contributed by atoms with E-state index in [1.807, 2.05) is 6.92 Å². The van der Waals surface area contributed by atoms with Gasteiger partial charge < -0.3 is 15.2 Å². The Morgan fingerprint density at radius 2 is 1.90 bits per heavy atom. The molecule has 6 nitrogen and oxygen atoms in total. The van der Waals surface area contributed by atoms with Crippen LogP contribution in [0.4, 0.5) is 0 Å². The number of rotatable bonds is 6. The Morgan fingerprint density at radius 1 is 1.29 bits per heavy atom. The molecule has 0 radical (unpaired) electrons. The first-order valence-corrected chi connectivity index (χ1v) is 8.48. The maximum absolute atomic E-state index is 12.4. The van der Waals surface area contributed by atoms with E-state index in [4.69, 9.17) is 15.2 Å². The first kappa shape index (κ1) is 16.2. The molecule has 0 unspecified atom stereocenters. The lowest BCUT2D eigenvalue weighted by Crippen LogP contribution is -2.49. The largest absolute Gasteiger partial charge is 0.492 e. The standard InChI is InChI=1S/C14H22N2O4S/c1-14(6-9-19-10-7-14)16-21(17,18)13-4-2-12(3-5-13)20-11-8-15/h2-5,16H,6-11,15H2,1H3. The van der Waals surface area contributed by atoms with Gasteiger partial charge in [0, 0.05) is 25.3 Å². The van der Waals surface area contributed by atoms with Crippen molar-refractivity contribution in [1.82, 2.24) is 4.72 Å². The van der Waals surface area contributed by atoms with E-state index in [2.05, 4.69) is 4.72 Å². The van der Waals surface area contributed by atoms with Gasteiger partial charge in [-0.1, -0.05) is 0 Å². The minimum absolute atomic E-state index is 0.232. The average Bonchev–Trinajstić information content (AvgIpc) is 2.45. The summed E-state index contributed by atoms with van der Waals surface area (Å²) in [5, 5.41) is 0. The predicted molar refractivity (Wildman–Crippen MR) is 79.8 cm³/mol. The van der Waals surface area contributed by atoms with E-state index in [0.717, 1.165) is 0 Å². The lowest BCUT2D eigenvalue weighted by Gasteiger charge is -2.34. The zero-order valence-corrected chi connectivity index (χ0v) is 13.0. The molecule has 1 aliphatic heterocycles. The molecule has 21 heavy (non-hydrogen) atoms. The monoisotopic (exact) mass is 314 g/mol. The first-order chi connectivity index (χ1) is 9.95. The molecule has 1 saturated heterocycles. The molecule has 0 amide bonds. The van der Waals surface area contributed by atoms with E-state index in [-0.39, 0.29) is 4.90 Å². The molecule has 7 heteroatoms. The Balaban J connectivity index is 2.08. The molecule has 1 aliphatic rings. The minimum Gasteiger partial charge on any atom is -0.492 e. The van der Waals surface area contributed by atoms with Gasteiger partial charge in [-0.25, -0.2) is 13.1 Å². The highest BCUT2D eigenvalue weighted by atomic mass is 32.2. The highest BCUT2D eigenvalue weighted by Gasteiger charge is 2.32. The van der Waals surface area contributed by atoms with Crippen LogP contribution in [0.3, 0.4) is 0 Å². The van der Waals surface area contributed by atoms with Gasteiger partial charge in [0.25, 0.3) is 0 Å². The number of benzene rings is 1. The van der Waals surface area contributed by atoms with Crippen molar-refractivity contribution < 1.29 is 17.9 Å². The Hall–Kier alpha value is -1.15. The number of hydrogen-bond donors (Lipinski definition) is 2. The summed E-state index contributed by atoms with van der Waals surface area (Å²) in [5.41, 5.74) is 4.90. The van der Waals surface area contributed by atoms with Crippen LogP contribution in [0, 0.1) is 0 Å². The molecule has 0 spiro atoms. The topological polar surface area (TPSA) is 90.7 Å². The van der Waals surface area contributed by atoms with Crippen LogP contribution in [0.25, 0.3) is 0 Å². The zero-order chi connectivity index (χ0) is 15.3. The van der Waals surface area contributed by atoms with E-state index in [0.29, 0.717) is 45.0 Å². The smallest absolute Gasteiger partial charge is 0.241 e. The number of nitrogens with two attached hydrogens (primary N) is 1. The SMILES string of the molecule is CC1(NS(=O)(=O)c2ccc(OCCN)cc2)CCOCC1. The van der Waals surface area contributed by atoms with Crippen molar-refractivity contribution >= 4 is 10.0 Å². The third-order valence-electron chi connectivity index (χ3n) is 3.50. The summed E-state index contributed by atoms with van der Waals surface area (Å²) in [6.07, 6.45) is 1.34. The molecule has 2 rings (SSSR count). The van der Waals surface area contributed by atoms with E-state index in [9.17, 15) is 8.42 Å². The lowest BCUT2D eigenvalue weighted by atomic mass is 9.94. The molecule has 1 aromatic rings. The number of sulfonamides is 1.